The number of ether oxygens (including phenoxy) is 1. The molecule has 0 aliphatic heterocycles. The third kappa shape index (κ3) is 4.39. The normalized spacial score (nSPS) is 11.9. The van der Waals surface area contributed by atoms with Gasteiger partial charge in [0, 0.05) is 11.6 Å². The molecule has 28 heavy (non-hydrogen) atoms. The predicted molar refractivity (Wildman–Crippen MR) is 105 cm³/mol. The fourth-order valence-electron chi connectivity index (χ4n) is 3.07. The van der Waals surface area contributed by atoms with Gasteiger partial charge in [0.15, 0.2) is 0 Å². The quantitative estimate of drug-likeness (QED) is 0.651. The minimum absolute atomic E-state index is 0.0719. The average Bonchev–Trinajstić information content (AvgIpc) is 3.09. The van der Waals surface area contributed by atoms with Crippen LogP contribution < -0.4 is 10.1 Å². The van der Waals surface area contributed by atoms with Gasteiger partial charge < -0.3 is 14.6 Å². The molecule has 0 unspecified atom stereocenters. The molecule has 1 heterocycles. The number of nitrogens with zero attached hydrogens (tertiary/aromatic N) is 1. The molecular formula is C22H23FN2O3. The zero-order valence-electron chi connectivity index (χ0n) is 16.2. The van der Waals surface area contributed by atoms with Gasteiger partial charge in [0.1, 0.15) is 28.6 Å². The maximum Gasteiger partial charge on any atom is 0.257 e. The number of nitrogens with one attached hydrogen (secondary N) is 1. The zero-order valence-corrected chi connectivity index (χ0v) is 16.2. The van der Waals surface area contributed by atoms with Gasteiger partial charge in [-0.15, -0.1) is 0 Å². The maximum absolute atomic E-state index is 13.0. The largest absolute Gasteiger partial charge is 0.496 e. The number of hydrogen-bond acceptors (Lipinski definition) is 4. The second-order valence-electron chi connectivity index (χ2n) is 6.70. The van der Waals surface area contributed by atoms with Crippen molar-refractivity contribution in [2.45, 2.75) is 32.7 Å². The molecule has 2 aromatic carbocycles. The fraction of sp³-hybridized carbons (Fsp3) is 0.273. The minimum Gasteiger partial charge on any atom is -0.496 e. The SMILES string of the molecule is COc1ccccc1-c1noc(C)c1C(=O)N[C@@H](C)CCc1ccc(F)cc1. The molecule has 1 aromatic heterocycles. The van der Waals surface area contributed by atoms with E-state index >= 15 is 0 Å². The molecule has 1 atom stereocenters. The maximum atomic E-state index is 13.0. The molecule has 0 bridgehead atoms. The van der Waals surface area contributed by atoms with Crippen LogP contribution in [0.1, 0.15) is 35.0 Å². The Labute approximate surface area is 163 Å². The second kappa shape index (κ2) is 8.69. The van der Waals surface area contributed by atoms with Gasteiger partial charge in [0.2, 0.25) is 0 Å². The van der Waals surface area contributed by atoms with Crippen molar-refractivity contribution in [3.8, 4) is 17.0 Å². The van der Waals surface area contributed by atoms with Crippen molar-refractivity contribution in [2.24, 2.45) is 0 Å². The summed E-state index contributed by atoms with van der Waals surface area (Å²) in [7, 11) is 1.57. The van der Waals surface area contributed by atoms with E-state index in [1.807, 2.05) is 31.2 Å². The molecule has 1 amide bonds. The molecule has 0 radical (unpaired) electrons. The molecule has 146 valence electrons. The highest BCUT2D eigenvalue weighted by Crippen LogP contribution is 2.32. The number of para-hydroxylation sites is 1. The summed E-state index contributed by atoms with van der Waals surface area (Å²) >= 11 is 0. The van der Waals surface area contributed by atoms with Crippen LogP contribution >= 0.6 is 0 Å². The lowest BCUT2D eigenvalue weighted by molar-refractivity contribution is 0.0937. The Kier molecular flexibility index (Phi) is 6.09. The van der Waals surface area contributed by atoms with Gasteiger partial charge in [-0.05, 0) is 56.5 Å². The van der Waals surface area contributed by atoms with Gasteiger partial charge >= 0.3 is 0 Å². The molecule has 0 saturated heterocycles. The number of hydrogen-bond donors (Lipinski definition) is 1. The van der Waals surface area contributed by atoms with Crippen LogP contribution in [0, 0.1) is 12.7 Å². The molecular weight excluding hydrogens is 359 g/mol. The Balaban J connectivity index is 1.72. The van der Waals surface area contributed by atoms with Gasteiger partial charge in [0.05, 0.1) is 7.11 Å². The van der Waals surface area contributed by atoms with Crippen LogP contribution in [0.15, 0.2) is 53.1 Å². The second-order valence-corrected chi connectivity index (χ2v) is 6.70. The molecule has 3 aromatic rings. The van der Waals surface area contributed by atoms with Crippen molar-refractivity contribution in [1.29, 1.82) is 0 Å². The van der Waals surface area contributed by atoms with Crippen LogP contribution in [0.3, 0.4) is 0 Å². The topological polar surface area (TPSA) is 64.4 Å². The highest BCUT2D eigenvalue weighted by atomic mass is 19.1. The molecule has 3 rings (SSSR count). The third-order valence-corrected chi connectivity index (χ3v) is 4.61. The monoisotopic (exact) mass is 382 g/mol. The van der Waals surface area contributed by atoms with Crippen LogP contribution in [0.2, 0.25) is 0 Å². The highest BCUT2D eigenvalue weighted by molar-refractivity contribution is 6.01. The zero-order chi connectivity index (χ0) is 20.1. The smallest absolute Gasteiger partial charge is 0.257 e. The van der Waals surface area contributed by atoms with Crippen molar-refractivity contribution in [1.82, 2.24) is 10.5 Å². The van der Waals surface area contributed by atoms with Crippen molar-refractivity contribution in [3.63, 3.8) is 0 Å². The molecule has 1 N–H and O–H groups in total. The van der Waals surface area contributed by atoms with E-state index in [2.05, 4.69) is 10.5 Å². The molecule has 0 spiro atoms. The number of aryl methyl sites for hydroxylation is 2. The lowest BCUT2D eigenvalue weighted by Crippen LogP contribution is -2.33. The standard InChI is InChI=1S/C22H23FN2O3/c1-14(8-9-16-10-12-17(23)13-11-16)24-22(26)20-15(2)28-25-21(20)18-6-4-5-7-19(18)27-3/h4-7,10-14H,8-9H2,1-3H3,(H,24,26)/t14-/m0/s1. The summed E-state index contributed by atoms with van der Waals surface area (Å²) in [5.41, 5.74) is 2.58. The Morgan fingerprint density at radius 2 is 1.93 bits per heavy atom. The van der Waals surface area contributed by atoms with Crippen LogP contribution in [0.25, 0.3) is 11.3 Å². The van der Waals surface area contributed by atoms with Gasteiger partial charge in [-0.3, -0.25) is 4.79 Å². The first-order valence-electron chi connectivity index (χ1n) is 9.14. The molecule has 0 saturated carbocycles. The van der Waals surface area contributed by atoms with E-state index in [1.54, 1.807) is 26.2 Å². The van der Waals surface area contributed by atoms with Crippen molar-refractivity contribution < 1.29 is 18.4 Å². The number of carbonyl (C=O) groups is 1. The number of amides is 1. The summed E-state index contributed by atoms with van der Waals surface area (Å²) in [5.74, 6) is 0.571. The van der Waals surface area contributed by atoms with E-state index in [9.17, 15) is 9.18 Å². The number of halogens is 1. The predicted octanol–water partition coefficient (Wildman–Crippen LogP) is 4.55. The lowest BCUT2D eigenvalue weighted by Gasteiger charge is -2.14. The summed E-state index contributed by atoms with van der Waals surface area (Å²) in [6.45, 7) is 3.65. The average molecular weight is 382 g/mol. The van der Waals surface area contributed by atoms with Crippen LogP contribution in [0.5, 0.6) is 5.75 Å². The Morgan fingerprint density at radius 3 is 2.64 bits per heavy atom. The van der Waals surface area contributed by atoms with Crippen molar-refractivity contribution in [2.75, 3.05) is 7.11 Å². The summed E-state index contributed by atoms with van der Waals surface area (Å²) in [6.07, 6.45) is 1.47. The third-order valence-electron chi connectivity index (χ3n) is 4.61. The molecule has 0 fully saturated rings. The molecule has 6 heteroatoms. The van der Waals surface area contributed by atoms with Gasteiger partial charge in [0.25, 0.3) is 5.91 Å². The Bertz CT molecular complexity index is 951. The van der Waals surface area contributed by atoms with Crippen molar-refractivity contribution >= 4 is 5.91 Å². The van der Waals surface area contributed by atoms with Crippen LogP contribution in [-0.4, -0.2) is 24.2 Å². The highest BCUT2D eigenvalue weighted by Gasteiger charge is 2.24. The first-order chi connectivity index (χ1) is 13.5. The summed E-state index contributed by atoms with van der Waals surface area (Å²) in [5, 5.41) is 7.07. The first-order valence-corrected chi connectivity index (χ1v) is 9.14. The minimum atomic E-state index is -0.253. The summed E-state index contributed by atoms with van der Waals surface area (Å²) < 4.78 is 23.7. The number of carbonyl (C=O) groups excluding carboxylic acids is 1. The summed E-state index contributed by atoms with van der Waals surface area (Å²) in [6, 6.07) is 13.7. The van der Waals surface area contributed by atoms with Gasteiger partial charge in [-0.2, -0.15) is 0 Å². The van der Waals surface area contributed by atoms with E-state index in [4.69, 9.17) is 9.26 Å². The van der Waals surface area contributed by atoms with Gasteiger partial charge in [-0.25, -0.2) is 4.39 Å². The van der Waals surface area contributed by atoms with E-state index in [-0.39, 0.29) is 17.8 Å². The van der Waals surface area contributed by atoms with E-state index in [0.29, 0.717) is 28.3 Å². The number of rotatable bonds is 7. The van der Waals surface area contributed by atoms with Crippen LogP contribution in [0.4, 0.5) is 4.39 Å². The van der Waals surface area contributed by atoms with E-state index in [0.717, 1.165) is 18.4 Å². The number of methoxy groups -OCH3 is 1. The molecule has 0 aliphatic carbocycles. The first kappa shape index (κ1) is 19.6. The van der Waals surface area contributed by atoms with E-state index < -0.39 is 0 Å². The van der Waals surface area contributed by atoms with E-state index in [1.165, 1.54) is 12.1 Å². The number of aromatic nitrogens is 1. The Morgan fingerprint density at radius 1 is 1.21 bits per heavy atom. The summed E-state index contributed by atoms with van der Waals surface area (Å²) in [4.78, 5) is 12.9. The van der Waals surface area contributed by atoms with Crippen molar-refractivity contribution in [3.05, 3.63) is 71.2 Å². The fourth-order valence-corrected chi connectivity index (χ4v) is 3.07. The number of benzene rings is 2. The lowest BCUT2D eigenvalue weighted by atomic mass is 10.0. The Hall–Kier alpha value is -3.15. The molecule has 0 aliphatic rings. The van der Waals surface area contributed by atoms with Crippen LogP contribution in [-0.2, 0) is 6.42 Å². The molecule has 5 nitrogen and oxygen atoms in total. The van der Waals surface area contributed by atoms with Gasteiger partial charge in [-0.1, -0.05) is 29.4 Å².